The zero-order chi connectivity index (χ0) is 19.9. The molecule has 1 aliphatic rings. The number of nitrogens with one attached hydrogen (secondary N) is 1. The van der Waals surface area contributed by atoms with Gasteiger partial charge in [0.25, 0.3) is 5.91 Å². The molecule has 3 rings (SSSR count). The largest absolute Gasteiger partial charge is 0.465 e. The molecule has 0 saturated carbocycles. The van der Waals surface area contributed by atoms with Gasteiger partial charge in [0.15, 0.2) is 17.4 Å². The number of ether oxygens (including phenoxy) is 1. The zero-order valence-electron chi connectivity index (χ0n) is 14.9. The highest BCUT2D eigenvalue weighted by Gasteiger charge is 2.37. The molecule has 0 bridgehead atoms. The second-order valence-corrected chi connectivity index (χ2v) is 6.89. The van der Waals surface area contributed by atoms with Crippen molar-refractivity contribution in [2.24, 2.45) is 5.41 Å². The molecule has 0 atom stereocenters. The molecule has 8 heteroatoms. The van der Waals surface area contributed by atoms with E-state index in [0.717, 1.165) is 19.2 Å². The van der Waals surface area contributed by atoms with Gasteiger partial charge in [0, 0.05) is 17.9 Å². The molecule has 1 aromatic heterocycles. The first-order valence-corrected chi connectivity index (χ1v) is 8.21. The minimum absolute atomic E-state index is 0.132. The van der Waals surface area contributed by atoms with E-state index in [2.05, 4.69) is 10.1 Å². The molecule has 6 nitrogen and oxygen atoms in total. The number of rotatable bonds is 3. The Kier molecular flexibility index (Phi) is 4.59. The van der Waals surface area contributed by atoms with Gasteiger partial charge in [-0.2, -0.15) is 0 Å². The predicted octanol–water partition coefficient (Wildman–Crippen LogP) is 3.75. The molecule has 2 aromatic rings. The van der Waals surface area contributed by atoms with Crippen LogP contribution in [0.5, 0.6) is 0 Å². The Morgan fingerprint density at radius 3 is 2.63 bits per heavy atom. The first-order chi connectivity index (χ1) is 12.7. The van der Waals surface area contributed by atoms with Crippen molar-refractivity contribution in [3.05, 3.63) is 52.5 Å². The Morgan fingerprint density at radius 1 is 1.26 bits per heavy atom. The fourth-order valence-electron chi connectivity index (χ4n) is 2.94. The molecule has 0 saturated heterocycles. The van der Waals surface area contributed by atoms with Crippen LogP contribution < -0.4 is 5.32 Å². The molecule has 1 aliphatic carbocycles. The van der Waals surface area contributed by atoms with Gasteiger partial charge in [0.05, 0.1) is 18.4 Å². The number of hydrogen-bond acceptors (Lipinski definition) is 5. The average Bonchev–Trinajstić information content (AvgIpc) is 3.05. The molecule has 0 radical (unpaired) electrons. The monoisotopic (exact) mass is 377 g/mol. The lowest BCUT2D eigenvalue weighted by Crippen LogP contribution is -2.29. The fourth-order valence-corrected chi connectivity index (χ4v) is 2.94. The molecule has 1 N–H and O–H groups in total. The number of ketones is 1. The van der Waals surface area contributed by atoms with Crippen molar-refractivity contribution in [2.75, 3.05) is 12.4 Å². The van der Waals surface area contributed by atoms with Crippen LogP contribution in [0.1, 0.15) is 57.3 Å². The Morgan fingerprint density at radius 2 is 1.96 bits per heavy atom. The van der Waals surface area contributed by atoms with Gasteiger partial charge >= 0.3 is 5.97 Å². The summed E-state index contributed by atoms with van der Waals surface area (Å²) in [5, 5.41) is 2.22. The maximum atomic E-state index is 14.4. The minimum Gasteiger partial charge on any atom is -0.465 e. The third kappa shape index (κ3) is 3.22. The first-order valence-electron chi connectivity index (χ1n) is 8.21. The van der Waals surface area contributed by atoms with Crippen LogP contribution in [-0.2, 0) is 11.2 Å². The third-order valence-corrected chi connectivity index (χ3v) is 4.60. The number of amides is 1. The number of aryl methyl sites for hydroxylation is 1. The quantitative estimate of drug-likeness (QED) is 0.824. The number of halogens is 2. The summed E-state index contributed by atoms with van der Waals surface area (Å²) in [7, 11) is 0.984. The van der Waals surface area contributed by atoms with Crippen LogP contribution in [0, 0.1) is 17.0 Å². The molecule has 0 unspecified atom stereocenters. The molecule has 1 heterocycles. The molecule has 0 aliphatic heterocycles. The van der Waals surface area contributed by atoms with E-state index in [1.54, 1.807) is 0 Å². The van der Waals surface area contributed by atoms with Crippen molar-refractivity contribution in [2.45, 2.75) is 26.7 Å². The lowest BCUT2D eigenvalue weighted by atomic mass is 9.75. The van der Waals surface area contributed by atoms with Gasteiger partial charge in [-0.1, -0.05) is 13.8 Å². The van der Waals surface area contributed by atoms with Gasteiger partial charge in [0.2, 0.25) is 0 Å². The second kappa shape index (κ2) is 6.61. The summed E-state index contributed by atoms with van der Waals surface area (Å²) in [4.78, 5) is 36.3. The Labute approximate surface area is 153 Å². The maximum absolute atomic E-state index is 14.4. The first kappa shape index (κ1) is 18.8. The van der Waals surface area contributed by atoms with Gasteiger partial charge in [-0.25, -0.2) is 13.6 Å². The van der Waals surface area contributed by atoms with Gasteiger partial charge in [-0.05, 0) is 18.6 Å². The number of esters is 1. The molecule has 142 valence electrons. The van der Waals surface area contributed by atoms with Gasteiger partial charge in [0.1, 0.15) is 17.1 Å². The number of benzene rings is 1. The van der Waals surface area contributed by atoms with E-state index < -0.39 is 40.2 Å². The zero-order valence-corrected chi connectivity index (χ0v) is 14.9. The Balaban J connectivity index is 1.90. The van der Waals surface area contributed by atoms with E-state index in [-0.39, 0.29) is 11.5 Å². The normalized spacial score (nSPS) is 15.2. The van der Waals surface area contributed by atoms with Crippen LogP contribution in [0.25, 0.3) is 0 Å². The summed E-state index contributed by atoms with van der Waals surface area (Å²) in [6.45, 7) is 3.63. The number of carbonyl (C=O) groups excluding carboxylic acids is 3. The van der Waals surface area contributed by atoms with Crippen LogP contribution in [0.4, 0.5) is 14.5 Å². The minimum atomic E-state index is -1.26. The molecule has 27 heavy (non-hydrogen) atoms. The summed E-state index contributed by atoms with van der Waals surface area (Å²) >= 11 is 0. The molecule has 1 aromatic carbocycles. The van der Waals surface area contributed by atoms with E-state index >= 15 is 0 Å². The van der Waals surface area contributed by atoms with Crippen molar-refractivity contribution < 1.29 is 32.3 Å². The standard InChI is InChI=1S/C19H17F2NO5/c1-19(2)7-6-12-9(16(19)23)8-13(27-12)17(24)22-11-5-4-10(20)14(15(11)21)18(25)26-3/h4-5,8H,6-7H2,1-3H3,(H,22,24). The number of furan rings is 1. The highest BCUT2D eigenvalue weighted by molar-refractivity contribution is 6.07. The smallest absolute Gasteiger partial charge is 0.343 e. The van der Waals surface area contributed by atoms with E-state index in [0.29, 0.717) is 24.2 Å². The highest BCUT2D eigenvalue weighted by Crippen LogP contribution is 2.36. The SMILES string of the molecule is COC(=O)c1c(F)ccc(NC(=O)c2cc3c(o2)CCC(C)(C)C3=O)c1F. The van der Waals surface area contributed by atoms with Crippen molar-refractivity contribution >= 4 is 23.3 Å². The highest BCUT2D eigenvalue weighted by atomic mass is 19.1. The van der Waals surface area contributed by atoms with Gasteiger partial charge < -0.3 is 14.5 Å². The lowest BCUT2D eigenvalue weighted by molar-refractivity contribution is 0.0589. The Bertz CT molecular complexity index is 961. The molecule has 0 spiro atoms. The summed E-state index contributed by atoms with van der Waals surface area (Å²) in [5.41, 5.74) is -1.55. The molecular weight excluding hydrogens is 360 g/mol. The predicted molar refractivity (Wildman–Crippen MR) is 90.8 cm³/mol. The van der Waals surface area contributed by atoms with Crippen LogP contribution in [0.15, 0.2) is 22.6 Å². The summed E-state index contributed by atoms with van der Waals surface area (Å²) < 4.78 is 37.9. The summed E-state index contributed by atoms with van der Waals surface area (Å²) in [5.74, 6) is -4.30. The van der Waals surface area contributed by atoms with Crippen LogP contribution in [0.2, 0.25) is 0 Å². The number of carbonyl (C=O) groups is 3. The van der Waals surface area contributed by atoms with Crippen LogP contribution in [0.3, 0.4) is 0 Å². The molecule has 0 fully saturated rings. The van der Waals surface area contributed by atoms with Crippen LogP contribution >= 0.6 is 0 Å². The van der Waals surface area contributed by atoms with Gasteiger partial charge in [-0.15, -0.1) is 0 Å². The third-order valence-electron chi connectivity index (χ3n) is 4.60. The maximum Gasteiger partial charge on any atom is 0.343 e. The van der Waals surface area contributed by atoms with Crippen molar-refractivity contribution in [3.63, 3.8) is 0 Å². The Hall–Kier alpha value is -3.03. The van der Waals surface area contributed by atoms with Crippen molar-refractivity contribution in [1.82, 2.24) is 0 Å². The molecular formula is C19H17F2NO5. The van der Waals surface area contributed by atoms with Crippen molar-refractivity contribution in [1.29, 1.82) is 0 Å². The number of fused-ring (bicyclic) bond motifs is 1. The second-order valence-electron chi connectivity index (χ2n) is 6.89. The van der Waals surface area contributed by atoms with E-state index in [9.17, 15) is 23.2 Å². The number of hydrogen-bond donors (Lipinski definition) is 1. The topological polar surface area (TPSA) is 85.6 Å². The fraction of sp³-hybridized carbons (Fsp3) is 0.316. The summed E-state index contributed by atoms with van der Waals surface area (Å²) in [6.07, 6.45) is 1.08. The number of Topliss-reactive ketones (excluding diaryl/α,β-unsaturated/α-hetero) is 1. The van der Waals surface area contributed by atoms with Crippen LogP contribution in [-0.4, -0.2) is 24.8 Å². The van der Waals surface area contributed by atoms with E-state index in [4.69, 9.17) is 4.42 Å². The average molecular weight is 377 g/mol. The summed E-state index contributed by atoms with van der Waals surface area (Å²) in [6, 6.07) is 3.13. The van der Waals surface area contributed by atoms with Crippen molar-refractivity contribution in [3.8, 4) is 0 Å². The number of anilines is 1. The van der Waals surface area contributed by atoms with E-state index in [1.165, 1.54) is 6.07 Å². The lowest BCUT2D eigenvalue weighted by Gasteiger charge is -2.26. The van der Waals surface area contributed by atoms with E-state index in [1.807, 2.05) is 13.8 Å². The number of methoxy groups -OCH3 is 1. The van der Waals surface area contributed by atoms with Gasteiger partial charge in [-0.3, -0.25) is 9.59 Å². The molecule has 1 amide bonds.